The van der Waals surface area contributed by atoms with Gasteiger partial charge in [0.05, 0.1) is 0 Å². The minimum atomic E-state index is 0.668. The Kier molecular flexibility index (Phi) is 3.25. The van der Waals surface area contributed by atoms with E-state index < -0.39 is 0 Å². The van der Waals surface area contributed by atoms with Crippen molar-refractivity contribution in [1.29, 1.82) is 0 Å². The fourth-order valence-electron chi connectivity index (χ4n) is 2.09. The van der Waals surface area contributed by atoms with Gasteiger partial charge in [-0.3, -0.25) is 0 Å². The van der Waals surface area contributed by atoms with E-state index in [2.05, 4.69) is 26.7 Å². The summed E-state index contributed by atoms with van der Waals surface area (Å²) in [6, 6.07) is 9.83. The number of hydrogen-bond acceptors (Lipinski definition) is 4. The SMILES string of the molecule is C=Bc1ccc2nc(-c3cccnc3)nc(NC)c2c1. The number of nitrogens with one attached hydrogen (secondary N) is 1. The van der Waals surface area contributed by atoms with Gasteiger partial charge in [0.25, 0.3) is 0 Å². The predicted molar refractivity (Wildman–Crippen MR) is 84.8 cm³/mol. The summed E-state index contributed by atoms with van der Waals surface area (Å²) in [6.45, 7) is 5.60. The number of rotatable bonds is 3. The summed E-state index contributed by atoms with van der Waals surface area (Å²) in [5.74, 6) is 1.47. The third-order valence-electron chi connectivity index (χ3n) is 3.11. The first-order valence-electron chi connectivity index (χ1n) is 6.34. The summed E-state index contributed by atoms with van der Waals surface area (Å²) in [5.41, 5.74) is 2.85. The molecule has 1 aromatic carbocycles. The molecule has 1 N–H and O–H groups in total. The number of nitrogens with zero attached hydrogens (tertiary/aromatic N) is 3. The summed E-state index contributed by atoms with van der Waals surface area (Å²) in [5, 5.41) is 4.11. The predicted octanol–water partition coefficient (Wildman–Crippen LogP) is 1.49. The van der Waals surface area contributed by atoms with Crippen LogP contribution in [-0.2, 0) is 0 Å². The number of fused-ring (bicyclic) bond motifs is 1. The molecule has 0 aliphatic carbocycles. The van der Waals surface area contributed by atoms with E-state index in [1.54, 1.807) is 12.4 Å². The number of pyridine rings is 1. The molecule has 0 aliphatic rings. The van der Waals surface area contributed by atoms with Gasteiger partial charge in [-0.05, 0) is 0 Å². The van der Waals surface area contributed by atoms with Gasteiger partial charge >= 0.3 is 117 Å². The van der Waals surface area contributed by atoms with Crippen LogP contribution in [0.4, 0.5) is 5.82 Å². The van der Waals surface area contributed by atoms with Crippen molar-refractivity contribution in [2.45, 2.75) is 0 Å². The molecule has 0 aliphatic heterocycles. The molecule has 0 radical (unpaired) electrons. The van der Waals surface area contributed by atoms with Crippen LogP contribution in [0.3, 0.4) is 0 Å². The van der Waals surface area contributed by atoms with E-state index in [0.29, 0.717) is 5.82 Å². The van der Waals surface area contributed by atoms with Crippen LogP contribution in [0, 0.1) is 0 Å². The van der Waals surface area contributed by atoms with E-state index in [9.17, 15) is 0 Å². The third-order valence-corrected chi connectivity index (χ3v) is 3.11. The molecule has 2 heterocycles. The molecular weight excluding hydrogens is 247 g/mol. The van der Waals surface area contributed by atoms with Gasteiger partial charge in [-0.15, -0.1) is 0 Å². The topological polar surface area (TPSA) is 50.7 Å². The Morgan fingerprint density at radius 1 is 1.20 bits per heavy atom. The standard InChI is InChI=1S/C15H13BN4/c1-16-11-5-6-13-12(8-11)15(17-2)20-14(19-13)10-4-3-7-18-9-10/h3-9H,1H2,2H3,(H,17,19,20). The van der Waals surface area contributed by atoms with Crippen molar-refractivity contribution in [1.82, 2.24) is 15.0 Å². The number of hydrogen-bond donors (Lipinski definition) is 1. The molecule has 20 heavy (non-hydrogen) atoms. The Balaban J connectivity index is 2.25. The molecule has 0 amide bonds. The molecule has 5 heteroatoms. The Morgan fingerprint density at radius 3 is 2.80 bits per heavy atom. The number of benzene rings is 1. The first-order valence-corrected chi connectivity index (χ1v) is 6.34. The van der Waals surface area contributed by atoms with E-state index in [0.717, 1.165) is 27.7 Å². The van der Waals surface area contributed by atoms with Gasteiger partial charge in [0.15, 0.2) is 0 Å². The summed E-state index contributed by atoms with van der Waals surface area (Å²) in [7, 11) is 1.86. The van der Waals surface area contributed by atoms with Crippen LogP contribution in [0.25, 0.3) is 22.3 Å². The van der Waals surface area contributed by atoms with Gasteiger partial charge in [0.2, 0.25) is 0 Å². The van der Waals surface area contributed by atoms with Crippen molar-refractivity contribution in [3.63, 3.8) is 0 Å². The molecule has 0 saturated heterocycles. The quantitative estimate of drug-likeness (QED) is 0.725. The second-order valence-corrected chi connectivity index (χ2v) is 4.37. The molecular formula is C15H13BN4. The Morgan fingerprint density at radius 2 is 2.10 bits per heavy atom. The molecule has 96 valence electrons. The van der Waals surface area contributed by atoms with E-state index in [-0.39, 0.29) is 0 Å². The molecule has 3 rings (SSSR count). The van der Waals surface area contributed by atoms with Crippen molar-refractivity contribution >= 4 is 35.6 Å². The summed E-state index contributed by atoms with van der Waals surface area (Å²) in [4.78, 5) is 13.3. The molecule has 0 saturated carbocycles. The van der Waals surface area contributed by atoms with Crippen LogP contribution in [0.1, 0.15) is 0 Å². The average molecular weight is 260 g/mol. The number of anilines is 1. The zero-order chi connectivity index (χ0) is 13.9. The molecule has 0 fully saturated rings. The second kappa shape index (κ2) is 5.21. The van der Waals surface area contributed by atoms with Crippen LogP contribution in [0.15, 0.2) is 42.7 Å². The fourth-order valence-corrected chi connectivity index (χ4v) is 2.09. The van der Waals surface area contributed by atoms with Crippen LogP contribution in [-0.4, -0.2) is 35.4 Å². The normalized spacial score (nSPS) is 10.2. The van der Waals surface area contributed by atoms with Crippen LogP contribution < -0.4 is 10.8 Å². The molecule has 4 nitrogen and oxygen atoms in total. The van der Waals surface area contributed by atoms with Crippen LogP contribution >= 0.6 is 0 Å². The van der Waals surface area contributed by atoms with E-state index in [1.165, 1.54) is 0 Å². The first kappa shape index (κ1) is 12.5. The Labute approximate surface area is 117 Å². The van der Waals surface area contributed by atoms with E-state index in [4.69, 9.17) is 0 Å². The van der Waals surface area contributed by atoms with E-state index in [1.807, 2.05) is 44.3 Å². The van der Waals surface area contributed by atoms with Gasteiger partial charge in [0, 0.05) is 0 Å². The monoisotopic (exact) mass is 260 g/mol. The maximum absolute atomic E-state index is 4.60. The second-order valence-electron chi connectivity index (χ2n) is 4.37. The van der Waals surface area contributed by atoms with Gasteiger partial charge in [-0.25, -0.2) is 0 Å². The van der Waals surface area contributed by atoms with Crippen molar-refractivity contribution in [2.75, 3.05) is 12.4 Å². The Bertz CT molecular complexity index is 771. The summed E-state index contributed by atoms with van der Waals surface area (Å²) in [6.07, 6.45) is 3.50. The molecule has 0 spiro atoms. The van der Waals surface area contributed by atoms with Gasteiger partial charge in [-0.1, -0.05) is 0 Å². The third kappa shape index (κ3) is 2.18. The van der Waals surface area contributed by atoms with Gasteiger partial charge in [-0.2, -0.15) is 0 Å². The van der Waals surface area contributed by atoms with Crippen molar-refractivity contribution in [3.05, 3.63) is 42.7 Å². The Hall–Kier alpha value is -2.56. The van der Waals surface area contributed by atoms with Crippen molar-refractivity contribution < 1.29 is 0 Å². The zero-order valence-electron chi connectivity index (χ0n) is 11.2. The average Bonchev–Trinajstić information content (AvgIpc) is 2.54. The molecule has 2 aromatic heterocycles. The molecule has 0 atom stereocenters. The molecule has 3 aromatic rings. The minimum absolute atomic E-state index is 0.668. The molecule has 0 bridgehead atoms. The van der Waals surface area contributed by atoms with Crippen molar-refractivity contribution in [3.8, 4) is 11.4 Å². The summed E-state index contributed by atoms with van der Waals surface area (Å²) >= 11 is 0. The fraction of sp³-hybridized carbons (Fsp3) is 0.0667. The first-order chi connectivity index (χ1) is 9.81. The zero-order valence-corrected chi connectivity index (χ0v) is 11.2. The number of aromatic nitrogens is 3. The van der Waals surface area contributed by atoms with Crippen LogP contribution in [0.2, 0.25) is 0 Å². The molecule has 0 unspecified atom stereocenters. The van der Waals surface area contributed by atoms with Crippen LogP contribution in [0.5, 0.6) is 0 Å². The maximum atomic E-state index is 4.60. The van der Waals surface area contributed by atoms with E-state index >= 15 is 0 Å². The van der Waals surface area contributed by atoms with Gasteiger partial charge in [0.1, 0.15) is 0 Å². The summed E-state index contributed by atoms with van der Waals surface area (Å²) < 4.78 is 0. The van der Waals surface area contributed by atoms with Crippen molar-refractivity contribution in [2.24, 2.45) is 0 Å². The van der Waals surface area contributed by atoms with Gasteiger partial charge < -0.3 is 0 Å².